The zero-order valence-electron chi connectivity index (χ0n) is 14.8. The first-order chi connectivity index (χ1) is 13.3. The van der Waals surface area contributed by atoms with Gasteiger partial charge < -0.3 is 16.0 Å². The minimum absolute atomic E-state index is 0.159. The van der Waals surface area contributed by atoms with Gasteiger partial charge in [0.15, 0.2) is 0 Å². The molecule has 2 heterocycles. The second kappa shape index (κ2) is 8.59. The molecule has 0 atom stereocenters. The van der Waals surface area contributed by atoms with E-state index in [4.69, 9.17) is 28.9 Å². The van der Waals surface area contributed by atoms with Crippen LogP contribution in [-0.2, 0) is 4.79 Å². The van der Waals surface area contributed by atoms with Gasteiger partial charge in [-0.15, -0.1) is 0 Å². The van der Waals surface area contributed by atoms with Gasteiger partial charge in [-0.25, -0.2) is 4.98 Å². The molecule has 1 aromatic carbocycles. The van der Waals surface area contributed by atoms with E-state index in [-0.39, 0.29) is 34.7 Å². The Morgan fingerprint density at radius 1 is 1.29 bits per heavy atom. The number of rotatable bonds is 5. The Balaban J connectivity index is 1.62. The van der Waals surface area contributed by atoms with Gasteiger partial charge in [0, 0.05) is 36.9 Å². The summed E-state index contributed by atoms with van der Waals surface area (Å²) in [5.74, 6) is -0.333. The summed E-state index contributed by atoms with van der Waals surface area (Å²) in [4.78, 5) is 30.6. The fraction of sp³-hybridized carbons (Fsp3) is 0.294. The maximum Gasteiger partial charge on any atom is 0.335 e. The van der Waals surface area contributed by atoms with E-state index >= 15 is 0 Å². The second-order valence-corrected chi connectivity index (χ2v) is 7.11. The van der Waals surface area contributed by atoms with Crippen LogP contribution in [0.4, 0.5) is 22.9 Å². The number of nitrogens with zero attached hydrogens (tertiary/aromatic N) is 4. The highest BCUT2D eigenvalue weighted by atomic mass is 35.5. The normalized spacial score (nSPS) is 14.7. The van der Waals surface area contributed by atoms with Crippen LogP contribution in [-0.4, -0.2) is 53.4 Å². The van der Waals surface area contributed by atoms with Gasteiger partial charge in [0.1, 0.15) is 5.69 Å². The first-order valence-corrected chi connectivity index (χ1v) is 9.22. The SMILES string of the molecule is Nc1ncc(Cl)c(N2CCN(CC(=O)Nc3cccc(Cl)c3)CC2)c1[N+](=O)[O-]. The standard InChI is InChI=1S/C17H18Cl2N6O3/c18-11-2-1-3-12(8-11)22-14(26)10-23-4-6-24(7-5-23)15-13(19)9-21-17(20)16(15)25(27)28/h1-3,8-9H,4-7,10H2,(H2,20,21)(H,22,26). The number of halogens is 2. The molecule has 0 spiro atoms. The third kappa shape index (κ3) is 4.61. The molecule has 1 aromatic heterocycles. The lowest BCUT2D eigenvalue weighted by molar-refractivity contribution is -0.383. The van der Waals surface area contributed by atoms with Gasteiger partial charge in [-0.2, -0.15) is 0 Å². The topological polar surface area (TPSA) is 118 Å². The molecular formula is C17H18Cl2N6O3. The molecule has 3 rings (SSSR count). The van der Waals surface area contributed by atoms with Crippen molar-refractivity contribution in [1.82, 2.24) is 9.88 Å². The molecule has 0 aliphatic carbocycles. The molecule has 1 saturated heterocycles. The number of benzene rings is 1. The summed E-state index contributed by atoms with van der Waals surface area (Å²) in [6.45, 7) is 2.22. The van der Waals surface area contributed by atoms with E-state index in [1.807, 2.05) is 4.90 Å². The van der Waals surface area contributed by atoms with Crippen LogP contribution < -0.4 is 16.0 Å². The quantitative estimate of drug-likeness (QED) is 0.559. The molecule has 0 unspecified atom stereocenters. The maximum absolute atomic E-state index is 12.2. The Kier molecular flexibility index (Phi) is 6.18. The van der Waals surface area contributed by atoms with Gasteiger partial charge in [-0.05, 0) is 18.2 Å². The number of piperazine rings is 1. The van der Waals surface area contributed by atoms with E-state index in [0.717, 1.165) is 0 Å². The van der Waals surface area contributed by atoms with Crippen molar-refractivity contribution in [2.45, 2.75) is 0 Å². The third-order valence-corrected chi connectivity index (χ3v) is 4.87. The average Bonchev–Trinajstić information content (AvgIpc) is 2.64. The summed E-state index contributed by atoms with van der Waals surface area (Å²) in [7, 11) is 0. The van der Waals surface area contributed by atoms with E-state index in [2.05, 4.69) is 10.3 Å². The van der Waals surface area contributed by atoms with Crippen molar-refractivity contribution < 1.29 is 9.72 Å². The monoisotopic (exact) mass is 424 g/mol. The Morgan fingerprint density at radius 3 is 2.64 bits per heavy atom. The van der Waals surface area contributed by atoms with Crippen molar-refractivity contribution in [1.29, 1.82) is 0 Å². The molecule has 28 heavy (non-hydrogen) atoms. The molecule has 2 aromatic rings. The highest BCUT2D eigenvalue weighted by molar-refractivity contribution is 6.34. The number of nitro groups is 1. The number of amides is 1. The van der Waals surface area contributed by atoms with Crippen molar-refractivity contribution in [2.24, 2.45) is 0 Å². The molecule has 0 bridgehead atoms. The van der Waals surface area contributed by atoms with Gasteiger partial charge in [-0.1, -0.05) is 29.3 Å². The van der Waals surface area contributed by atoms with Crippen LogP contribution in [0, 0.1) is 10.1 Å². The van der Waals surface area contributed by atoms with Crippen LogP contribution >= 0.6 is 23.2 Å². The van der Waals surface area contributed by atoms with Crippen LogP contribution in [0.2, 0.25) is 10.0 Å². The van der Waals surface area contributed by atoms with Crippen molar-refractivity contribution in [3.05, 3.63) is 50.6 Å². The molecule has 9 nitrogen and oxygen atoms in total. The summed E-state index contributed by atoms with van der Waals surface area (Å²) in [5, 5.41) is 14.9. The predicted octanol–water partition coefficient (Wildman–Crippen LogP) is 2.64. The van der Waals surface area contributed by atoms with Gasteiger partial charge in [0.2, 0.25) is 11.7 Å². The molecule has 0 saturated carbocycles. The predicted molar refractivity (Wildman–Crippen MR) is 109 cm³/mol. The highest BCUT2D eigenvalue weighted by Crippen LogP contribution is 2.38. The summed E-state index contributed by atoms with van der Waals surface area (Å²) in [6.07, 6.45) is 1.31. The van der Waals surface area contributed by atoms with Gasteiger partial charge >= 0.3 is 5.69 Å². The minimum atomic E-state index is -0.575. The highest BCUT2D eigenvalue weighted by Gasteiger charge is 2.29. The number of carbonyl (C=O) groups excluding carboxylic acids is 1. The summed E-state index contributed by atoms with van der Waals surface area (Å²) in [6, 6.07) is 6.92. The van der Waals surface area contributed by atoms with E-state index in [0.29, 0.717) is 36.9 Å². The Bertz CT molecular complexity index is 902. The van der Waals surface area contributed by atoms with Crippen LogP contribution in [0.25, 0.3) is 0 Å². The summed E-state index contributed by atoms with van der Waals surface area (Å²) >= 11 is 12.1. The van der Waals surface area contributed by atoms with E-state index < -0.39 is 4.92 Å². The Morgan fingerprint density at radius 2 is 2.00 bits per heavy atom. The Hall–Kier alpha value is -2.62. The molecule has 3 N–H and O–H groups in total. The Labute approximate surface area is 171 Å². The minimum Gasteiger partial charge on any atom is -0.378 e. The lowest BCUT2D eigenvalue weighted by Crippen LogP contribution is -2.49. The fourth-order valence-corrected chi connectivity index (χ4v) is 3.51. The third-order valence-electron chi connectivity index (χ3n) is 4.36. The fourth-order valence-electron chi connectivity index (χ4n) is 3.06. The lowest BCUT2D eigenvalue weighted by atomic mass is 10.2. The number of hydrogen-bond acceptors (Lipinski definition) is 7. The largest absolute Gasteiger partial charge is 0.378 e. The summed E-state index contributed by atoms with van der Waals surface area (Å²) < 4.78 is 0. The zero-order chi connectivity index (χ0) is 20.3. The number of nitrogens with one attached hydrogen (secondary N) is 1. The van der Waals surface area contributed by atoms with Crippen LogP contribution in [0.3, 0.4) is 0 Å². The molecule has 11 heteroatoms. The van der Waals surface area contributed by atoms with Crippen LogP contribution in [0.1, 0.15) is 0 Å². The van der Waals surface area contributed by atoms with Gasteiger partial charge in [0.05, 0.1) is 22.7 Å². The second-order valence-electron chi connectivity index (χ2n) is 6.27. The number of nitrogen functional groups attached to an aromatic ring is 1. The number of hydrogen-bond donors (Lipinski definition) is 2. The van der Waals surface area contributed by atoms with Crippen molar-refractivity contribution in [3.8, 4) is 0 Å². The molecule has 1 aliphatic rings. The first-order valence-electron chi connectivity index (χ1n) is 8.46. The molecule has 1 aliphatic heterocycles. The first kappa shape index (κ1) is 20.1. The number of aromatic nitrogens is 1. The average molecular weight is 425 g/mol. The van der Waals surface area contributed by atoms with Crippen molar-refractivity contribution in [3.63, 3.8) is 0 Å². The van der Waals surface area contributed by atoms with Gasteiger partial charge in [-0.3, -0.25) is 19.8 Å². The molecular weight excluding hydrogens is 407 g/mol. The number of carbonyl (C=O) groups is 1. The maximum atomic E-state index is 12.2. The van der Waals surface area contributed by atoms with E-state index in [1.165, 1.54) is 6.20 Å². The van der Waals surface area contributed by atoms with Crippen LogP contribution in [0.5, 0.6) is 0 Å². The lowest BCUT2D eigenvalue weighted by Gasteiger charge is -2.35. The number of nitrogens with two attached hydrogens (primary N) is 1. The smallest absolute Gasteiger partial charge is 0.335 e. The zero-order valence-corrected chi connectivity index (χ0v) is 16.3. The number of anilines is 3. The number of pyridine rings is 1. The van der Waals surface area contributed by atoms with E-state index in [9.17, 15) is 14.9 Å². The molecule has 0 radical (unpaired) electrons. The van der Waals surface area contributed by atoms with E-state index in [1.54, 1.807) is 29.2 Å². The van der Waals surface area contributed by atoms with Crippen LogP contribution in [0.15, 0.2) is 30.5 Å². The van der Waals surface area contributed by atoms with Gasteiger partial charge in [0.25, 0.3) is 0 Å². The van der Waals surface area contributed by atoms with Crippen molar-refractivity contribution >= 4 is 52.0 Å². The molecule has 148 valence electrons. The summed E-state index contributed by atoms with van der Waals surface area (Å²) in [5.41, 5.74) is 6.27. The molecule has 1 amide bonds. The van der Waals surface area contributed by atoms with Crippen molar-refractivity contribution in [2.75, 3.05) is 48.7 Å². The molecule has 1 fully saturated rings.